The van der Waals surface area contributed by atoms with Gasteiger partial charge in [0, 0.05) is 36.4 Å². The van der Waals surface area contributed by atoms with Crippen molar-refractivity contribution in [2.24, 2.45) is 7.05 Å². The summed E-state index contributed by atoms with van der Waals surface area (Å²) >= 11 is 0. The van der Waals surface area contributed by atoms with Crippen molar-refractivity contribution in [2.45, 2.75) is 40.5 Å². The van der Waals surface area contributed by atoms with E-state index in [9.17, 15) is 14.4 Å². The number of nitrogens with zero attached hydrogens (tertiary/aromatic N) is 2. The van der Waals surface area contributed by atoms with Crippen molar-refractivity contribution in [2.75, 3.05) is 31.5 Å². The van der Waals surface area contributed by atoms with Gasteiger partial charge in [0.05, 0.1) is 6.54 Å². The van der Waals surface area contributed by atoms with Gasteiger partial charge in [-0.1, -0.05) is 6.07 Å². The zero-order valence-electron chi connectivity index (χ0n) is 24.3. The summed E-state index contributed by atoms with van der Waals surface area (Å²) in [5.41, 5.74) is 5.75. The number of amides is 2. The Hall–Kier alpha value is -4.37. The minimum Gasteiger partial charge on any atom is -0.457 e. The number of benzene rings is 2. The van der Waals surface area contributed by atoms with Gasteiger partial charge < -0.3 is 24.9 Å². The Kier molecular flexibility index (Phi) is 7.99. The standard InChI is InChI=1S/C32H37N5O4/c1-6-33-31(39)27-16-25-26(17-36(5)32(40)29(25)35-27)22-11-19(2)12-24(15-22)41-30-20(3)13-23(14-21(30)4)34-28(38)18-37-9-7-8-10-37/h11-17,35H,6-10,18H2,1-5H3,(H,33,39)(H,34,38). The number of nitrogens with one attached hydrogen (secondary N) is 3. The molecule has 2 aromatic heterocycles. The molecule has 214 valence electrons. The van der Waals surface area contributed by atoms with Gasteiger partial charge in [-0.2, -0.15) is 0 Å². The maximum Gasteiger partial charge on any atom is 0.274 e. The molecule has 0 atom stereocenters. The quantitative estimate of drug-likeness (QED) is 0.283. The first kappa shape index (κ1) is 28.2. The van der Waals surface area contributed by atoms with Crippen LogP contribution in [0.2, 0.25) is 0 Å². The molecule has 1 aliphatic heterocycles. The maximum absolute atomic E-state index is 12.9. The third-order valence-electron chi connectivity index (χ3n) is 7.44. The molecule has 1 aliphatic rings. The van der Waals surface area contributed by atoms with E-state index in [1.165, 1.54) is 4.57 Å². The van der Waals surface area contributed by atoms with Gasteiger partial charge in [0.1, 0.15) is 22.7 Å². The Balaban J connectivity index is 1.44. The summed E-state index contributed by atoms with van der Waals surface area (Å²) in [7, 11) is 1.70. The van der Waals surface area contributed by atoms with Gasteiger partial charge in [0.25, 0.3) is 11.5 Å². The largest absolute Gasteiger partial charge is 0.457 e. The summed E-state index contributed by atoms with van der Waals surface area (Å²) in [5.74, 6) is 1.11. The molecule has 3 N–H and O–H groups in total. The summed E-state index contributed by atoms with van der Waals surface area (Å²) in [6.07, 6.45) is 4.08. The van der Waals surface area contributed by atoms with Crippen molar-refractivity contribution in [1.29, 1.82) is 0 Å². The monoisotopic (exact) mass is 555 g/mol. The number of H-pyrrole nitrogens is 1. The van der Waals surface area contributed by atoms with Crippen molar-refractivity contribution >= 4 is 28.4 Å². The summed E-state index contributed by atoms with van der Waals surface area (Å²) in [4.78, 5) is 43.1. The predicted octanol–water partition coefficient (Wildman–Crippen LogP) is 5.04. The second-order valence-corrected chi connectivity index (χ2v) is 10.9. The number of anilines is 1. The first-order valence-electron chi connectivity index (χ1n) is 14.1. The van der Waals surface area contributed by atoms with Crippen LogP contribution in [0, 0.1) is 20.8 Å². The Labute approximate surface area is 239 Å². The molecule has 0 bridgehead atoms. The molecule has 0 spiro atoms. The smallest absolute Gasteiger partial charge is 0.274 e. The van der Waals surface area contributed by atoms with E-state index in [0.717, 1.165) is 65.2 Å². The fourth-order valence-electron chi connectivity index (χ4n) is 5.55. The van der Waals surface area contributed by atoms with Crippen LogP contribution < -0.4 is 20.9 Å². The average molecular weight is 556 g/mol. The Morgan fingerprint density at radius 3 is 2.39 bits per heavy atom. The SMILES string of the molecule is CCNC(=O)c1cc2c(-c3cc(C)cc(Oc4c(C)cc(NC(=O)CN5CCCC5)cc4C)c3)cn(C)c(=O)c2[nH]1. The molecule has 0 aliphatic carbocycles. The number of aromatic nitrogens is 2. The van der Waals surface area contributed by atoms with E-state index in [4.69, 9.17) is 4.74 Å². The lowest BCUT2D eigenvalue weighted by Gasteiger charge is -2.17. The highest BCUT2D eigenvalue weighted by Gasteiger charge is 2.18. The molecule has 41 heavy (non-hydrogen) atoms. The van der Waals surface area contributed by atoms with Crippen molar-refractivity contribution < 1.29 is 14.3 Å². The second-order valence-electron chi connectivity index (χ2n) is 10.9. The van der Waals surface area contributed by atoms with Crippen LogP contribution in [0.25, 0.3) is 22.0 Å². The zero-order chi connectivity index (χ0) is 29.3. The molecule has 9 nitrogen and oxygen atoms in total. The highest BCUT2D eigenvalue weighted by molar-refractivity contribution is 6.02. The summed E-state index contributed by atoms with van der Waals surface area (Å²) in [5, 5.41) is 6.48. The number of carbonyl (C=O) groups excluding carboxylic acids is 2. The molecule has 3 heterocycles. The molecular formula is C32H37N5O4. The predicted molar refractivity (Wildman–Crippen MR) is 162 cm³/mol. The molecule has 0 saturated carbocycles. The number of pyridine rings is 1. The van der Waals surface area contributed by atoms with Crippen LogP contribution in [-0.4, -0.2) is 52.4 Å². The topological polar surface area (TPSA) is 108 Å². The number of hydrogen-bond donors (Lipinski definition) is 3. The number of rotatable bonds is 8. The number of aromatic amines is 1. The summed E-state index contributed by atoms with van der Waals surface area (Å²) < 4.78 is 7.95. The van der Waals surface area contributed by atoms with Crippen LogP contribution in [0.1, 0.15) is 46.9 Å². The molecule has 1 fully saturated rings. The first-order chi connectivity index (χ1) is 19.6. The van der Waals surface area contributed by atoms with E-state index in [-0.39, 0.29) is 17.4 Å². The Morgan fingerprint density at radius 2 is 1.71 bits per heavy atom. The fourth-order valence-corrected chi connectivity index (χ4v) is 5.55. The van der Waals surface area contributed by atoms with E-state index >= 15 is 0 Å². The number of fused-ring (bicyclic) bond motifs is 1. The maximum atomic E-state index is 12.9. The van der Waals surface area contributed by atoms with Crippen LogP contribution in [0.5, 0.6) is 11.5 Å². The fraction of sp³-hybridized carbons (Fsp3) is 0.344. The van der Waals surface area contributed by atoms with Crippen molar-refractivity contribution in [1.82, 2.24) is 19.8 Å². The first-order valence-corrected chi connectivity index (χ1v) is 14.1. The van der Waals surface area contributed by atoms with E-state index in [1.807, 2.05) is 58.0 Å². The average Bonchev–Trinajstić information content (AvgIpc) is 3.59. The van der Waals surface area contributed by atoms with Crippen LogP contribution in [0.3, 0.4) is 0 Å². The normalized spacial score (nSPS) is 13.5. The van der Waals surface area contributed by atoms with Gasteiger partial charge >= 0.3 is 0 Å². The van der Waals surface area contributed by atoms with Crippen LogP contribution >= 0.6 is 0 Å². The lowest BCUT2D eigenvalue weighted by Crippen LogP contribution is -2.30. The van der Waals surface area contributed by atoms with Gasteiger partial charge in [-0.25, -0.2) is 0 Å². The summed E-state index contributed by atoms with van der Waals surface area (Å²) in [6.45, 7) is 10.6. The molecule has 5 rings (SSSR count). The van der Waals surface area contributed by atoms with Crippen LogP contribution in [0.15, 0.2) is 47.4 Å². The number of ether oxygens (including phenoxy) is 1. The highest BCUT2D eigenvalue weighted by Crippen LogP contribution is 2.36. The minimum absolute atomic E-state index is 0.00800. The van der Waals surface area contributed by atoms with Gasteiger partial charge in [-0.15, -0.1) is 0 Å². The third kappa shape index (κ3) is 6.05. The van der Waals surface area contributed by atoms with Gasteiger partial charge in [0.15, 0.2) is 0 Å². The van der Waals surface area contributed by atoms with Crippen molar-refractivity contribution in [3.63, 3.8) is 0 Å². The number of carbonyl (C=O) groups is 2. The minimum atomic E-state index is -0.258. The molecule has 0 unspecified atom stereocenters. The third-order valence-corrected chi connectivity index (χ3v) is 7.44. The van der Waals surface area contributed by atoms with Gasteiger partial charge in [0.2, 0.25) is 5.91 Å². The van der Waals surface area contributed by atoms with Gasteiger partial charge in [-0.3, -0.25) is 19.3 Å². The van der Waals surface area contributed by atoms with E-state index in [2.05, 4.69) is 20.5 Å². The van der Waals surface area contributed by atoms with E-state index < -0.39 is 0 Å². The number of hydrogen-bond acceptors (Lipinski definition) is 5. The molecular weight excluding hydrogens is 518 g/mol. The number of likely N-dealkylation sites (tertiary alicyclic amines) is 1. The van der Waals surface area contributed by atoms with E-state index in [1.54, 1.807) is 19.3 Å². The summed E-state index contributed by atoms with van der Waals surface area (Å²) in [6, 6.07) is 11.5. The highest BCUT2D eigenvalue weighted by atomic mass is 16.5. The molecule has 0 radical (unpaired) electrons. The zero-order valence-corrected chi connectivity index (χ0v) is 24.3. The van der Waals surface area contributed by atoms with Crippen molar-refractivity contribution in [3.05, 3.63) is 75.3 Å². The molecule has 9 heteroatoms. The van der Waals surface area contributed by atoms with Gasteiger partial charge in [-0.05, 0) is 106 Å². The lowest BCUT2D eigenvalue weighted by molar-refractivity contribution is -0.117. The Bertz CT molecular complexity index is 1670. The molecule has 2 amide bonds. The molecule has 2 aromatic carbocycles. The van der Waals surface area contributed by atoms with Crippen LogP contribution in [-0.2, 0) is 11.8 Å². The second kappa shape index (κ2) is 11.6. The van der Waals surface area contributed by atoms with Crippen molar-refractivity contribution in [3.8, 4) is 22.6 Å². The van der Waals surface area contributed by atoms with Crippen LogP contribution in [0.4, 0.5) is 5.69 Å². The molecule has 4 aromatic rings. The lowest BCUT2D eigenvalue weighted by atomic mass is 10.0. The van der Waals surface area contributed by atoms with E-state index in [0.29, 0.717) is 35.4 Å². The number of aryl methyl sites for hydroxylation is 4. The molecule has 1 saturated heterocycles. The Morgan fingerprint density at radius 1 is 1.00 bits per heavy atom.